The Morgan fingerprint density at radius 2 is 2.00 bits per heavy atom. The molecule has 3 aliphatic rings. The first kappa shape index (κ1) is 27.5. The van der Waals surface area contributed by atoms with Crippen molar-refractivity contribution < 1.29 is 41.9 Å². The van der Waals surface area contributed by atoms with E-state index in [9.17, 15) is 37.1 Å². The molecule has 0 radical (unpaired) electrons. The lowest BCUT2D eigenvalue weighted by molar-refractivity contribution is -0.321. The number of aromatic nitrogens is 2. The van der Waals surface area contributed by atoms with Crippen molar-refractivity contribution in [2.24, 2.45) is 24.8 Å². The predicted octanol–water partition coefficient (Wildman–Crippen LogP) is 0.102. The average Bonchev–Trinajstić information content (AvgIpc) is 3.62. The number of likely N-dealkylation sites (tertiary alicyclic amines) is 1. The molecule has 208 valence electrons. The van der Waals surface area contributed by atoms with Crippen LogP contribution in [0, 0.1) is 17.8 Å². The number of ether oxygens (including phenoxy) is 1. The average molecular weight is 543 g/mol. The van der Waals surface area contributed by atoms with Gasteiger partial charge >= 0.3 is 18.2 Å². The molecule has 38 heavy (non-hydrogen) atoms. The summed E-state index contributed by atoms with van der Waals surface area (Å²) in [5.74, 6) is -4.98. The summed E-state index contributed by atoms with van der Waals surface area (Å²) in [7, 11) is 1.63. The lowest BCUT2D eigenvalue weighted by Crippen LogP contribution is -2.55. The van der Waals surface area contributed by atoms with Gasteiger partial charge in [-0.2, -0.15) is 5.10 Å². The fraction of sp³-hybridized carbons (Fsp3) is 0.652. The van der Waals surface area contributed by atoms with E-state index in [0.717, 1.165) is 17.7 Å². The molecule has 1 aromatic heterocycles. The smallest absolute Gasteiger partial charge is 0.356 e. The lowest BCUT2D eigenvalue weighted by atomic mass is 9.92. The molecule has 2 aliphatic heterocycles. The van der Waals surface area contributed by atoms with Gasteiger partial charge in [-0.05, 0) is 37.5 Å². The lowest BCUT2D eigenvalue weighted by Gasteiger charge is -2.29. The van der Waals surface area contributed by atoms with E-state index in [2.05, 4.69) is 25.8 Å². The maximum atomic E-state index is 13.5. The highest BCUT2D eigenvalue weighted by Crippen LogP contribution is 2.42. The highest BCUT2D eigenvalue weighted by atomic mass is 19.4. The van der Waals surface area contributed by atoms with Crippen molar-refractivity contribution in [2.45, 2.75) is 50.6 Å². The Bertz CT molecular complexity index is 1110. The van der Waals surface area contributed by atoms with Crippen LogP contribution in [-0.2, 0) is 35.8 Å². The van der Waals surface area contributed by atoms with Crippen molar-refractivity contribution >= 4 is 35.2 Å². The zero-order chi connectivity index (χ0) is 27.6. The third kappa shape index (κ3) is 6.31. The van der Waals surface area contributed by atoms with E-state index in [1.807, 2.05) is 0 Å². The number of amides is 4. The Balaban J connectivity index is 1.50. The van der Waals surface area contributed by atoms with Crippen LogP contribution < -0.4 is 16.0 Å². The van der Waals surface area contributed by atoms with Crippen LogP contribution in [0.2, 0.25) is 0 Å². The fourth-order valence-electron chi connectivity index (χ4n) is 5.57. The van der Waals surface area contributed by atoms with Gasteiger partial charge in [0.1, 0.15) is 12.6 Å². The third-order valence-electron chi connectivity index (χ3n) is 7.34. The van der Waals surface area contributed by atoms with E-state index in [-0.39, 0.29) is 36.5 Å². The second-order valence-corrected chi connectivity index (χ2v) is 9.86. The molecular formula is C23H29F3N6O6. The molecule has 4 amide bonds. The van der Waals surface area contributed by atoms with E-state index in [4.69, 9.17) is 0 Å². The van der Waals surface area contributed by atoms with Gasteiger partial charge in [0.15, 0.2) is 11.6 Å². The van der Waals surface area contributed by atoms with Gasteiger partial charge in [0, 0.05) is 38.3 Å². The molecule has 4 rings (SSSR count). The Labute approximate surface area is 215 Å². The number of nitrogens with zero attached hydrogens (tertiary/aromatic N) is 3. The van der Waals surface area contributed by atoms with Gasteiger partial charge in [-0.25, -0.2) is 0 Å². The summed E-state index contributed by atoms with van der Waals surface area (Å²) in [6, 6.07) is -1.05. The number of fused-ring (bicyclic) bond motifs is 1. The summed E-state index contributed by atoms with van der Waals surface area (Å²) in [6.45, 7) is -0.843. The minimum absolute atomic E-state index is 0.0410. The Morgan fingerprint density at radius 3 is 2.63 bits per heavy atom. The number of halogens is 3. The number of aryl methyl sites for hydroxylation is 1. The van der Waals surface area contributed by atoms with Crippen molar-refractivity contribution in [2.75, 3.05) is 25.0 Å². The highest BCUT2D eigenvalue weighted by Gasteiger charge is 2.51. The van der Waals surface area contributed by atoms with Crippen LogP contribution in [0.4, 0.5) is 19.0 Å². The van der Waals surface area contributed by atoms with Gasteiger partial charge in [0.05, 0.1) is 6.04 Å². The fourth-order valence-corrected chi connectivity index (χ4v) is 5.57. The number of ketones is 1. The summed E-state index contributed by atoms with van der Waals surface area (Å²) in [6.07, 6.45) is -1.19. The Morgan fingerprint density at radius 1 is 1.24 bits per heavy atom. The van der Waals surface area contributed by atoms with E-state index in [1.165, 1.54) is 10.7 Å². The zero-order valence-electron chi connectivity index (χ0n) is 20.6. The molecule has 0 bridgehead atoms. The largest absolute Gasteiger partial charge is 0.522 e. The maximum absolute atomic E-state index is 13.5. The molecule has 4 unspecified atom stereocenters. The zero-order valence-corrected chi connectivity index (χ0v) is 20.6. The highest BCUT2D eigenvalue weighted by molar-refractivity contribution is 6.39. The molecule has 3 N–H and O–H groups in total. The van der Waals surface area contributed by atoms with E-state index in [0.29, 0.717) is 19.4 Å². The SMILES string of the molecule is Cn1ccc(NC(=O)C(=O)N2CC3CCCC3[C@H]2C(=O)NC(CC2CCNC2=O)C(=O)COC(F)(F)F)n1. The molecule has 2 saturated heterocycles. The first-order valence-electron chi connectivity index (χ1n) is 12.4. The monoisotopic (exact) mass is 542 g/mol. The van der Waals surface area contributed by atoms with Crippen molar-refractivity contribution in [1.29, 1.82) is 0 Å². The molecule has 0 spiro atoms. The van der Waals surface area contributed by atoms with Crippen LogP contribution in [-0.4, -0.2) is 82.2 Å². The number of alkyl halides is 3. The number of carbonyl (C=O) groups is 5. The van der Waals surface area contributed by atoms with Gasteiger partial charge in [0.25, 0.3) is 0 Å². The van der Waals surface area contributed by atoms with Crippen LogP contribution in [0.3, 0.4) is 0 Å². The quantitative estimate of drug-likeness (QED) is 0.394. The van der Waals surface area contributed by atoms with Gasteiger partial charge in [-0.3, -0.25) is 33.4 Å². The molecule has 3 heterocycles. The van der Waals surface area contributed by atoms with Crippen molar-refractivity contribution in [3.8, 4) is 0 Å². The number of carbonyl (C=O) groups excluding carboxylic acids is 5. The van der Waals surface area contributed by atoms with Gasteiger partial charge in [-0.1, -0.05) is 6.42 Å². The first-order chi connectivity index (χ1) is 17.9. The summed E-state index contributed by atoms with van der Waals surface area (Å²) in [5, 5.41) is 11.4. The van der Waals surface area contributed by atoms with Gasteiger partial charge in [-0.15, -0.1) is 13.2 Å². The maximum Gasteiger partial charge on any atom is 0.522 e. The molecule has 1 saturated carbocycles. The van der Waals surface area contributed by atoms with E-state index in [1.54, 1.807) is 13.2 Å². The van der Waals surface area contributed by atoms with Crippen LogP contribution in [0.25, 0.3) is 0 Å². The van der Waals surface area contributed by atoms with Crippen molar-refractivity contribution in [3.05, 3.63) is 12.3 Å². The first-order valence-corrected chi connectivity index (χ1v) is 12.4. The number of hydrogen-bond donors (Lipinski definition) is 3. The number of hydrogen-bond acceptors (Lipinski definition) is 7. The van der Waals surface area contributed by atoms with Crippen molar-refractivity contribution in [1.82, 2.24) is 25.3 Å². The third-order valence-corrected chi connectivity index (χ3v) is 7.34. The topological polar surface area (TPSA) is 152 Å². The second kappa shape index (κ2) is 11.1. The molecule has 0 aromatic carbocycles. The summed E-state index contributed by atoms with van der Waals surface area (Å²) in [4.78, 5) is 65.1. The molecule has 1 aromatic rings. The van der Waals surface area contributed by atoms with E-state index >= 15 is 0 Å². The number of nitrogens with one attached hydrogen (secondary N) is 3. The minimum Gasteiger partial charge on any atom is -0.356 e. The minimum atomic E-state index is -5.05. The Hall–Kier alpha value is -3.49. The standard InChI is InChI=1S/C23H29F3N6O6/c1-31-8-6-17(30-31)29-21(36)22(37)32-10-13-3-2-4-14(13)18(32)20(35)28-15(9-12-5-7-27-19(12)34)16(33)11-38-23(24,25)26/h6,8,12-15,18H,2-5,7,9-11H2,1H3,(H,27,34)(H,28,35)(H,29,30,36)/t12?,13?,14?,15?,18-/m0/s1. The van der Waals surface area contributed by atoms with Crippen LogP contribution in [0.1, 0.15) is 32.1 Å². The predicted molar refractivity (Wildman–Crippen MR) is 123 cm³/mol. The van der Waals surface area contributed by atoms with Gasteiger partial charge in [0.2, 0.25) is 11.8 Å². The van der Waals surface area contributed by atoms with Crippen molar-refractivity contribution in [3.63, 3.8) is 0 Å². The number of rotatable bonds is 8. The normalized spacial score (nSPS) is 25.6. The summed E-state index contributed by atoms with van der Waals surface area (Å²) >= 11 is 0. The molecular weight excluding hydrogens is 513 g/mol. The van der Waals surface area contributed by atoms with Crippen LogP contribution >= 0.6 is 0 Å². The van der Waals surface area contributed by atoms with E-state index < -0.39 is 54.5 Å². The Kier molecular flexibility index (Phi) is 8.04. The number of Topliss-reactive ketones (excluding diaryl/α,β-unsaturated/α-hetero) is 1. The molecule has 5 atom stereocenters. The second-order valence-electron chi connectivity index (χ2n) is 9.86. The molecule has 3 fully saturated rings. The number of anilines is 1. The molecule has 1 aliphatic carbocycles. The van der Waals surface area contributed by atoms with Crippen LogP contribution in [0.15, 0.2) is 12.3 Å². The molecule has 12 nitrogen and oxygen atoms in total. The summed E-state index contributed by atoms with van der Waals surface area (Å²) < 4.78 is 42.8. The summed E-state index contributed by atoms with van der Waals surface area (Å²) in [5.41, 5.74) is 0. The molecule has 15 heteroatoms. The van der Waals surface area contributed by atoms with Crippen LogP contribution in [0.5, 0.6) is 0 Å². The van der Waals surface area contributed by atoms with Gasteiger partial charge < -0.3 is 20.9 Å².